The minimum Gasteiger partial charge on any atom is -0.350 e. The van der Waals surface area contributed by atoms with Gasteiger partial charge in [0.25, 0.3) is 5.91 Å². The molecule has 0 aromatic carbocycles. The Morgan fingerprint density at radius 2 is 1.90 bits per heavy atom. The molecule has 1 saturated heterocycles. The molecule has 1 aromatic rings. The lowest BCUT2D eigenvalue weighted by Gasteiger charge is -2.37. The van der Waals surface area contributed by atoms with Crippen LogP contribution in [0.3, 0.4) is 0 Å². The highest BCUT2D eigenvalue weighted by atomic mass is 16.1. The summed E-state index contributed by atoms with van der Waals surface area (Å²) in [6.07, 6.45) is 14.6. The maximum absolute atomic E-state index is 12.0. The van der Waals surface area contributed by atoms with Gasteiger partial charge in [0.15, 0.2) is 0 Å². The predicted molar refractivity (Wildman–Crippen MR) is 125 cm³/mol. The zero-order chi connectivity index (χ0) is 21.6. The lowest BCUT2D eigenvalue weighted by Crippen LogP contribution is -2.54. The monoisotopic (exact) mass is 417 g/mol. The van der Waals surface area contributed by atoms with Crippen LogP contribution >= 0.6 is 0 Å². The van der Waals surface area contributed by atoms with Crippen molar-refractivity contribution in [1.82, 2.24) is 20.5 Å². The molecule has 1 amide bonds. The van der Waals surface area contributed by atoms with Crippen molar-refractivity contribution < 1.29 is 4.79 Å². The Labute approximate surface area is 183 Å². The molecular formula is C24H43N5O. The van der Waals surface area contributed by atoms with Crippen LogP contribution in [0, 0.1) is 0 Å². The molecule has 3 atom stereocenters. The normalized spacial score (nSPS) is 20.8. The Morgan fingerprint density at radius 3 is 2.60 bits per heavy atom. The summed E-state index contributed by atoms with van der Waals surface area (Å²) in [7, 11) is 0. The van der Waals surface area contributed by atoms with Crippen molar-refractivity contribution in [3.05, 3.63) is 30.1 Å². The molecular weight excluding hydrogens is 374 g/mol. The molecule has 6 nitrogen and oxygen atoms in total. The van der Waals surface area contributed by atoms with Gasteiger partial charge in [-0.05, 0) is 45.4 Å². The van der Waals surface area contributed by atoms with Gasteiger partial charge in [-0.25, -0.2) is 0 Å². The summed E-state index contributed by atoms with van der Waals surface area (Å²) in [4.78, 5) is 18.6. The third kappa shape index (κ3) is 10.0. The molecule has 3 unspecified atom stereocenters. The van der Waals surface area contributed by atoms with Gasteiger partial charge in [0.05, 0.1) is 5.56 Å². The molecule has 1 aromatic heterocycles. The molecule has 1 aliphatic rings. The fourth-order valence-corrected chi connectivity index (χ4v) is 4.12. The number of hydrogen-bond donors (Lipinski definition) is 3. The summed E-state index contributed by atoms with van der Waals surface area (Å²) in [6.45, 7) is 8.71. The third-order valence-electron chi connectivity index (χ3n) is 6.11. The van der Waals surface area contributed by atoms with E-state index in [1.54, 1.807) is 24.5 Å². The summed E-state index contributed by atoms with van der Waals surface area (Å²) in [6, 6.07) is 4.87. The molecule has 2 rings (SSSR count). The van der Waals surface area contributed by atoms with Gasteiger partial charge < -0.3 is 16.4 Å². The molecule has 0 bridgehead atoms. The first-order valence-electron chi connectivity index (χ1n) is 12.0. The molecule has 30 heavy (non-hydrogen) atoms. The SMILES string of the molecule is CC1CN(CCCCCCCCCCC(N)CNC(=O)c2cccnc2)C(C)CN1. The zero-order valence-electron chi connectivity index (χ0n) is 19.1. The van der Waals surface area contributed by atoms with Crippen LogP contribution in [0.15, 0.2) is 24.5 Å². The van der Waals surface area contributed by atoms with E-state index >= 15 is 0 Å². The van der Waals surface area contributed by atoms with Crippen LogP contribution in [-0.4, -0.2) is 60.1 Å². The van der Waals surface area contributed by atoms with Gasteiger partial charge in [-0.15, -0.1) is 0 Å². The second-order valence-corrected chi connectivity index (χ2v) is 8.98. The first-order chi connectivity index (χ1) is 14.6. The van der Waals surface area contributed by atoms with Gasteiger partial charge in [0.1, 0.15) is 0 Å². The minimum absolute atomic E-state index is 0.0284. The molecule has 0 radical (unpaired) electrons. The second kappa shape index (κ2) is 14.5. The Balaban J connectivity index is 1.38. The number of carbonyl (C=O) groups excluding carboxylic acids is 1. The van der Waals surface area contributed by atoms with Crippen molar-refractivity contribution >= 4 is 5.91 Å². The summed E-state index contributed by atoms with van der Waals surface area (Å²) >= 11 is 0. The standard InChI is InChI=1S/C24H43N5O/c1-20-19-29(21(2)16-27-20)15-10-8-6-4-3-5-7-9-13-23(25)18-28-24(30)22-12-11-14-26-17-22/h11-12,14,17,20-21,23,27H,3-10,13,15-16,18-19,25H2,1-2H3,(H,28,30). The number of nitrogens with zero attached hydrogens (tertiary/aromatic N) is 2. The van der Waals surface area contributed by atoms with Crippen molar-refractivity contribution in [3.63, 3.8) is 0 Å². The van der Waals surface area contributed by atoms with Crippen LogP contribution in [0.4, 0.5) is 0 Å². The third-order valence-corrected chi connectivity index (χ3v) is 6.11. The number of unbranched alkanes of at least 4 members (excludes halogenated alkanes) is 7. The van der Waals surface area contributed by atoms with Crippen LogP contribution in [0.2, 0.25) is 0 Å². The summed E-state index contributed by atoms with van der Waals surface area (Å²) < 4.78 is 0. The van der Waals surface area contributed by atoms with E-state index in [2.05, 4.69) is 34.4 Å². The van der Waals surface area contributed by atoms with Crippen molar-refractivity contribution in [3.8, 4) is 0 Å². The van der Waals surface area contributed by atoms with E-state index in [1.165, 1.54) is 58.0 Å². The maximum Gasteiger partial charge on any atom is 0.252 e. The van der Waals surface area contributed by atoms with E-state index in [1.807, 2.05) is 0 Å². The number of carbonyl (C=O) groups is 1. The quantitative estimate of drug-likeness (QED) is 0.404. The summed E-state index contributed by atoms with van der Waals surface area (Å²) in [5.74, 6) is -0.0977. The van der Waals surface area contributed by atoms with Gasteiger partial charge in [0, 0.05) is 50.2 Å². The van der Waals surface area contributed by atoms with E-state index in [4.69, 9.17) is 5.73 Å². The van der Waals surface area contributed by atoms with E-state index in [0.717, 1.165) is 19.4 Å². The number of nitrogens with two attached hydrogens (primary N) is 1. The molecule has 170 valence electrons. The largest absolute Gasteiger partial charge is 0.350 e. The maximum atomic E-state index is 12.0. The first kappa shape index (κ1) is 24.8. The van der Waals surface area contributed by atoms with E-state index in [-0.39, 0.29) is 11.9 Å². The van der Waals surface area contributed by atoms with Crippen molar-refractivity contribution in [1.29, 1.82) is 0 Å². The Morgan fingerprint density at radius 1 is 1.20 bits per heavy atom. The smallest absolute Gasteiger partial charge is 0.252 e. The van der Waals surface area contributed by atoms with E-state index in [9.17, 15) is 4.79 Å². The molecule has 1 fully saturated rings. The Hall–Kier alpha value is -1.50. The number of amides is 1. The fraction of sp³-hybridized carbons (Fsp3) is 0.750. The van der Waals surface area contributed by atoms with Gasteiger partial charge in [-0.3, -0.25) is 14.7 Å². The van der Waals surface area contributed by atoms with E-state index < -0.39 is 0 Å². The number of piperazine rings is 1. The number of rotatable bonds is 14. The first-order valence-corrected chi connectivity index (χ1v) is 12.0. The highest BCUT2D eigenvalue weighted by Gasteiger charge is 2.21. The Bertz CT molecular complexity index is 582. The lowest BCUT2D eigenvalue weighted by atomic mass is 10.0. The van der Waals surface area contributed by atoms with Crippen LogP contribution in [0.25, 0.3) is 0 Å². The van der Waals surface area contributed by atoms with E-state index in [0.29, 0.717) is 24.2 Å². The van der Waals surface area contributed by atoms with Crippen molar-refractivity contribution in [2.45, 2.75) is 89.8 Å². The minimum atomic E-state index is -0.0977. The second-order valence-electron chi connectivity index (χ2n) is 8.98. The predicted octanol–water partition coefficient (Wildman–Crippen LogP) is 3.33. The number of hydrogen-bond acceptors (Lipinski definition) is 5. The molecule has 0 spiro atoms. The van der Waals surface area contributed by atoms with Crippen LogP contribution in [0.5, 0.6) is 0 Å². The Kier molecular flexibility index (Phi) is 12.0. The summed E-state index contributed by atoms with van der Waals surface area (Å²) in [5.41, 5.74) is 6.72. The van der Waals surface area contributed by atoms with Crippen LogP contribution in [0.1, 0.15) is 82.0 Å². The highest BCUT2D eigenvalue weighted by Crippen LogP contribution is 2.12. The van der Waals surface area contributed by atoms with Crippen molar-refractivity contribution in [2.75, 3.05) is 26.2 Å². The fourth-order valence-electron chi connectivity index (χ4n) is 4.12. The average molecular weight is 418 g/mol. The zero-order valence-corrected chi connectivity index (χ0v) is 19.1. The molecule has 0 saturated carbocycles. The summed E-state index contributed by atoms with van der Waals surface area (Å²) in [5, 5.41) is 6.45. The van der Waals surface area contributed by atoms with Crippen LogP contribution in [-0.2, 0) is 0 Å². The van der Waals surface area contributed by atoms with Crippen molar-refractivity contribution in [2.24, 2.45) is 5.73 Å². The molecule has 2 heterocycles. The van der Waals surface area contributed by atoms with Crippen LogP contribution < -0.4 is 16.4 Å². The number of aromatic nitrogens is 1. The molecule has 6 heteroatoms. The molecule has 4 N–H and O–H groups in total. The van der Waals surface area contributed by atoms with Gasteiger partial charge in [-0.2, -0.15) is 0 Å². The molecule has 0 aliphatic carbocycles. The lowest BCUT2D eigenvalue weighted by molar-refractivity contribution is 0.0950. The molecule has 1 aliphatic heterocycles. The van der Waals surface area contributed by atoms with Gasteiger partial charge >= 0.3 is 0 Å². The van der Waals surface area contributed by atoms with Gasteiger partial charge in [-0.1, -0.05) is 44.9 Å². The van der Waals surface area contributed by atoms with Gasteiger partial charge in [0.2, 0.25) is 0 Å². The number of pyridine rings is 1. The highest BCUT2D eigenvalue weighted by molar-refractivity contribution is 5.93. The topological polar surface area (TPSA) is 83.3 Å². The average Bonchev–Trinajstić information content (AvgIpc) is 2.76. The number of nitrogens with one attached hydrogen (secondary N) is 2.